The number of amides is 1. The Morgan fingerprint density at radius 2 is 1.97 bits per heavy atom. The molecule has 7 unspecified atom stereocenters. The predicted octanol–water partition coefficient (Wildman–Crippen LogP) is -4.44. The average molecular weight is 461 g/mol. The van der Waals surface area contributed by atoms with Crippen LogP contribution in [0.15, 0.2) is 4.99 Å². The summed E-state index contributed by atoms with van der Waals surface area (Å²) in [5, 5.41) is 45.7. The van der Waals surface area contributed by atoms with E-state index in [-0.39, 0.29) is 37.9 Å². The number of nitrogens with zero attached hydrogens (tertiary/aromatic N) is 1. The molecule has 32 heavy (non-hydrogen) atoms. The summed E-state index contributed by atoms with van der Waals surface area (Å²) < 4.78 is 11.8. The predicted molar refractivity (Wildman–Crippen MR) is 113 cm³/mol. The van der Waals surface area contributed by atoms with Crippen LogP contribution in [0.5, 0.6) is 0 Å². The van der Waals surface area contributed by atoms with E-state index in [2.05, 4.69) is 15.6 Å². The van der Waals surface area contributed by atoms with E-state index < -0.39 is 54.2 Å². The minimum absolute atomic E-state index is 0.00235. The van der Waals surface area contributed by atoms with E-state index in [1.165, 1.54) is 0 Å². The van der Waals surface area contributed by atoms with Crippen LogP contribution in [0.1, 0.15) is 32.1 Å². The van der Waals surface area contributed by atoms with Crippen LogP contribution < -0.4 is 27.8 Å². The van der Waals surface area contributed by atoms with Crippen molar-refractivity contribution in [2.75, 3.05) is 19.7 Å². The third-order valence-electron chi connectivity index (χ3n) is 6.13. The molecule has 13 nitrogen and oxygen atoms in total. The summed E-state index contributed by atoms with van der Waals surface area (Å²) in [6.45, 7) is 0.875. The molecule has 1 amide bonds. The van der Waals surface area contributed by atoms with Gasteiger partial charge in [-0.3, -0.25) is 4.79 Å². The van der Waals surface area contributed by atoms with Gasteiger partial charge in [-0.1, -0.05) is 0 Å². The molecule has 3 aliphatic rings. The summed E-state index contributed by atoms with van der Waals surface area (Å²) in [7, 11) is 0. The topological polar surface area (TPSA) is 231 Å². The van der Waals surface area contributed by atoms with Crippen molar-refractivity contribution in [1.29, 1.82) is 0 Å². The number of ether oxygens (including phenoxy) is 2. The fourth-order valence-corrected chi connectivity index (χ4v) is 4.39. The first-order chi connectivity index (χ1) is 15.1. The Balaban J connectivity index is 1.49. The number of aliphatic hydroxyl groups is 4. The molecule has 9 atom stereocenters. The van der Waals surface area contributed by atoms with E-state index in [0.717, 1.165) is 0 Å². The highest BCUT2D eigenvalue weighted by Gasteiger charge is 2.60. The van der Waals surface area contributed by atoms with Crippen LogP contribution in [0, 0.1) is 0 Å². The van der Waals surface area contributed by atoms with Crippen LogP contribution in [-0.4, -0.2) is 106 Å². The summed E-state index contributed by atoms with van der Waals surface area (Å²) in [5.74, 6) is -0.802. The first-order valence-corrected chi connectivity index (χ1v) is 11.0. The van der Waals surface area contributed by atoms with Crippen LogP contribution in [0.2, 0.25) is 0 Å². The number of hydrogen-bond acceptors (Lipinski definition) is 10. The van der Waals surface area contributed by atoms with Crippen molar-refractivity contribution in [2.24, 2.45) is 22.2 Å². The Hall–Kier alpha value is -1.58. The van der Waals surface area contributed by atoms with Gasteiger partial charge in [-0.2, -0.15) is 0 Å². The lowest BCUT2D eigenvalue weighted by Crippen LogP contribution is -2.58. The standard InChI is InChI=1S/C19H36N6O7/c20-12-3-9(24-17(29)19(30)7-14(19)25-18(21)22)4-13(28)16(12)32-15-6-10(27)5-11(31-15)8-23-1-2-26/h9-16,23,26-28,30H,1-8,20H2,(H,24,29)(H4,21,22,25)/t9?,10?,11?,12?,13?,14?,15-,16-,19?/m1/s1. The summed E-state index contributed by atoms with van der Waals surface area (Å²) in [6.07, 6.45) is -2.02. The fourth-order valence-electron chi connectivity index (χ4n) is 4.39. The van der Waals surface area contributed by atoms with Gasteiger partial charge >= 0.3 is 0 Å². The third kappa shape index (κ3) is 6.26. The summed E-state index contributed by atoms with van der Waals surface area (Å²) in [5.41, 5.74) is 15.2. The van der Waals surface area contributed by atoms with Gasteiger partial charge in [-0.25, -0.2) is 4.99 Å². The normalized spacial score (nSPS) is 41.7. The summed E-state index contributed by atoms with van der Waals surface area (Å²) in [6, 6.07) is -1.73. The van der Waals surface area contributed by atoms with Gasteiger partial charge in [0.05, 0.1) is 31.0 Å². The van der Waals surface area contributed by atoms with E-state index in [4.69, 9.17) is 31.8 Å². The van der Waals surface area contributed by atoms with Gasteiger partial charge in [0.2, 0.25) is 0 Å². The van der Waals surface area contributed by atoms with E-state index >= 15 is 0 Å². The van der Waals surface area contributed by atoms with E-state index in [1.807, 2.05) is 0 Å². The Morgan fingerprint density at radius 3 is 2.62 bits per heavy atom. The quantitative estimate of drug-likeness (QED) is 0.0904. The molecule has 0 aromatic rings. The van der Waals surface area contributed by atoms with Gasteiger partial charge in [0.25, 0.3) is 5.91 Å². The fraction of sp³-hybridized carbons (Fsp3) is 0.895. The van der Waals surface area contributed by atoms with Crippen molar-refractivity contribution in [3.8, 4) is 0 Å². The van der Waals surface area contributed by atoms with Crippen LogP contribution in [0.3, 0.4) is 0 Å². The van der Waals surface area contributed by atoms with Gasteiger partial charge in [0.1, 0.15) is 6.10 Å². The summed E-state index contributed by atoms with van der Waals surface area (Å²) in [4.78, 5) is 16.3. The largest absolute Gasteiger partial charge is 0.395 e. The molecule has 3 fully saturated rings. The van der Waals surface area contributed by atoms with Crippen LogP contribution in [0.25, 0.3) is 0 Å². The van der Waals surface area contributed by atoms with Crippen molar-refractivity contribution in [1.82, 2.24) is 10.6 Å². The molecule has 2 saturated carbocycles. The number of aliphatic hydroxyl groups excluding tert-OH is 3. The highest BCUT2D eigenvalue weighted by molar-refractivity contribution is 5.90. The van der Waals surface area contributed by atoms with Crippen molar-refractivity contribution >= 4 is 11.9 Å². The SMILES string of the molecule is NC(N)=NC1CC1(O)C(=O)NC1CC(N)[C@@H](O[C@@H]2CC(O)CC(CNCCO)O2)C(O)C1. The highest BCUT2D eigenvalue weighted by atomic mass is 16.7. The lowest BCUT2D eigenvalue weighted by Gasteiger charge is -2.41. The van der Waals surface area contributed by atoms with Crippen molar-refractivity contribution in [3.05, 3.63) is 0 Å². The second-order valence-electron chi connectivity index (χ2n) is 8.91. The molecule has 0 bridgehead atoms. The van der Waals surface area contributed by atoms with Gasteiger partial charge in [0.15, 0.2) is 17.9 Å². The van der Waals surface area contributed by atoms with Crippen molar-refractivity contribution in [3.63, 3.8) is 0 Å². The number of guanidine groups is 1. The molecule has 3 rings (SSSR count). The van der Waals surface area contributed by atoms with Crippen molar-refractivity contribution < 1.29 is 34.7 Å². The molecule has 0 radical (unpaired) electrons. The average Bonchev–Trinajstić information content (AvgIpc) is 3.34. The minimum Gasteiger partial charge on any atom is -0.395 e. The zero-order valence-corrected chi connectivity index (χ0v) is 18.0. The summed E-state index contributed by atoms with van der Waals surface area (Å²) >= 11 is 0. The lowest BCUT2D eigenvalue weighted by atomic mass is 9.86. The molecular weight excluding hydrogens is 424 g/mol. The second kappa shape index (κ2) is 10.6. The maximum Gasteiger partial charge on any atom is 0.254 e. The Kier molecular flexibility index (Phi) is 8.27. The Bertz CT molecular complexity index is 669. The molecule has 1 saturated heterocycles. The second-order valence-corrected chi connectivity index (χ2v) is 8.91. The molecule has 0 aromatic carbocycles. The zero-order valence-electron chi connectivity index (χ0n) is 18.0. The molecule has 1 heterocycles. The number of hydrogen-bond donors (Lipinski definition) is 9. The number of carbonyl (C=O) groups is 1. The molecule has 12 N–H and O–H groups in total. The molecule has 0 aromatic heterocycles. The molecule has 184 valence electrons. The van der Waals surface area contributed by atoms with Crippen LogP contribution in [-0.2, 0) is 14.3 Å². The minimum atomic E-state index is -1.66. The van der Waals surface area contributed by atoms with E-state index in [0.29, 0.717) is 25.9 Å². The van der Waals surface area contributed by atoms with Gasteiger partial charge < -0.3 is 57.7 Å². The molecular formula is C19H36N6O7. The zero-order chi connectivity index (χ0) is 23.5. The van der Waals surface area contributed by atoms with Gasteiger partial charge in [-0.05, 0) is 12.8 Å². The maximum absolute atomic E-state index is 12.4. The molecule has 1 aliphatic heterocycles. The van der Waals surface area contributed by atoms with E-state index in [9.17, 15) is 20.1 Å². The lowest BCUT2D eigenvalue weighted by molar-refractivity contribution is -0.251. The first kappa shape index (κ1) is 25.1. The maximum atomic E-state index is 12.4. The smallest absolute Gasteiger partial charge is 0.254 e. The highest BCUT2D eigenvalue weighted by Crippen LogP contribution is 2.39. The number of carbonyl (C=O) groups excluding carboxylic acids is 1. The molecule has 2 aliphatic carbocycles. The number of nitrogens with two attached hydrogens (primary N) is 3. The number of nitrogens with one attached hydrogen (secondary N) is 2. The first-order valence-electron chi connectivity index (χ1n) is 11.0. The monoisotopic (exact) mass is 460 g/mol. The number of rotatable bonds is 9. The van der Waals surface area contributed by atoms with Crippen LogP contribution in [0.4, 0.5) is 0 Å². The van der Waals surface area contributed by atoms with Gasteiger partial charge in [-0.15, -0.1) is 0 Å². The van der Waals surface area contributed by atoms with Gasteiger partial charge in [0, 0.05) is 44.4 Å². The van der Waals surface area contributed by atoms with Crippen molar-refractivity contribution in [2.45, 2.75) is 86.5 Å². The molecule has 0 spiro atoms. The Labute approximate surface area is 186 Å². The van der Waals surface area contributed by atoms with E-state index in [1.54, 1.807) is 0 Å². The Morgan fingerprint density at radius 1 is 1.22 bits per heavy atom. The number of aliphatic imine (C=N–C) groups is 1. The van der Waals surface area contributed by atoms with Crippen LogP contribution >= 0.6 is 0 Å². The molecule has 13 heteroatoms. The third-order valence-corrected chi connectivity index (χ3v) is 6.13.